The average molecular weight is 368 g/mol. The molecule has 0 radical (unpaired) electrons. The number of ether oxygens (including phenoxy) is 2. The van der Waals surface area contributed by atoms with Crippen molar-refractivity contribution in [2.75, 3.05) is 18.9 Å². The number of nitrogen functional groups attached to an aromatic ring is 1. The first kappa shape index (κ1) is 19.0. The van der Waals surface area contributed by atoms with E-state index < -0.39 is 5.60 Å². The summed E-state index contributed by atoms with van der Waals surface area (Å²) in [6, 6.07) is 5.54. The van der Waals surface area contributed by atoms with Crippen LogP contribution in [0.3, 0.4) is 0 Å². The fourth-order valence-corrected chi connectivity index (χ4v) is 3.01. The van der Waals surface area contributed by atoms with Gasteiger partial charge in [-0.1, -0.05) is 5.92 Å². The lowest BCUT2D eigenvalue weighted by Gasteiger charge is -2.20. The van der Waals surface area contributed by atoms with E-state index in [1.165, 1.54) is 0 Å². The molecule has 0 atom stereocenters. The van der Waals surface area contributed by atoms with Gasteiger partial charge in [0.2, 0.25) is 0 Å². The zero-order valence-corrected chi connectivity index (χ0v) is 15.8. The number of aromatic nitrogens is 3. The molecule has 3 aromatic rings. The van der Waals surface area contributed by atoms with Gasteiger partial charge in [-0.15, -0.1) is 6.42 Å². The standard InChI is InChI=1S/C20H24N4O3/c1-5-9-27-13-7-8-14-15(10-13)22-19(21)17-18(14)24(12-20(3,4)25)16(23-17)11-26-6-2/h1,7-8,10,25H,6,9,11-12H2,2-4H3,(H2,21,22). The number of imidazole rings is 1. The summed E-state index contributed by atoms with van der Waals surface area (Å²) < 4.78 is 13.0. The Kier molecular flexibility index (Phi) is 5.22. The van der Waals surface area contributed by atoms with Gasteiger partial charge in [0, 0.05) is 18.1 Å². The number of fused-ring (bicyclic) bond motifs is 3. The second-order valence-electron chi connectivity index (χ2n) is 6.93. The summed E-state index contributed by atoms with van der Waals surface area (Å²) in [5.41, 5.74) is 7.34. The van der Waals surface area contributed by atoms with E-state index in [1.54, 1.807) is 19.9 Å². The second kappa shape index (κ2) is 7.43. The minimum absolute atomic E-state index is 0.179. The third kappa shape index (κ3) is 3.97. The van der Waals surface area contributed by atoms with E-state index in [4.69, 9.17) is 21.6 Å². The maximum Gasteiger partial charge on any atom is 0.152 e. The first-order chi connectivity index (χ1) is 12.8. The van der Waals surface area contributed by atoms with Crippen LogP contribution < -0.4 is 10.5 Å². The van der Waals surface area contributed by atoms with Crippen LogP contribution in [0.15, 0.2) is 18.2 Å². The molecule has 0 saturated carbocycles. The van der Waals surface area contributed by atoms with Crippen molar-refractivity contribution >= 4 is 27.8 Å². The minimum atomic E-state index is -0.936. The van der Waals surface area contributed by atoms with Crippen LogP contribution in [0.5, 0.6) is 5.75 Å². The van der Waals surface area contributed by atoms with Gasteiger partial charge < -0.3 is 24.9 Å². The van der Waals surface area contributed by atoms with Crippen LogP contribution in [0.4, 0.5) is 5.82 Å². The fourth-order valence-electron chi connectivity index (χ4n) is 3.01. The fraction of sp³-hybridized carbons (Fsp3) is 0.400. The average Bonchev–Trinajstić information content (AvgIpc) is 2.95. The number of terminal acetylenes is 1. The molecule has 3 N–H and O–H groups in total. The van der Waals surface area contributed by atoms with Crippen molar-refractivity contribution in [3.05, 3.63) is 24.0 Å². The van der Waals surface area contributed by atoms with Gasteiger partial charge in [0.1, 0.15) is 30.3 Å². The lowest BCUT2D eigenvalue weighted by Crippen LogP contribution is -2.27. The molecular weight excluding hydrogens is 344 g/mol. The summed E-state index contributed by atoms with van der Waals surface area (Å²) >= 11 is 0. The number of hydrogen-bond acceptors (Lipinski definition) is 6. The highest BCUT2D eigenvalue weighted by Crippen LogP contribution is 2.32. The molecule has 0 aliphatic carbocycles. The predicted molar refractivity (Wildman–Crippen MR) is 105 cm³/mol. The molecule has 0 unspecified atom stereocenters. The van der Waals surface area contributed by atoms with E-state index in [-0.39, 0.29) is 6.61 Å². The second-order valence-corrected chi connectivity index (χ2v) is 6.93. The molecule has 1 aromatic carbocycles. The Morgan fingerprint density at radius 1 is 1.33 bits per heavy atom. The van der Waals surface area contributed by atoms with Crippen molar-refractivity contribution in [3.63, 3.8) is 0 Å². The van der Waals surface area contributed by atoms with E-state index in [0.717, 1.165) is 10.9 Å². The van der Waals surface area contributed by atoms with Crippen LogP contribution in [-0.2, 0) is 17.9 Å². The molecule has 0 fully saturated rings. The predicted octanol–water partition coefficient (Wildman–Crippen LogP) is 2.49. The van der Waals surface area contributed by atoms with E-state index in [2.05, 4.69) is 15.9 Å². The highest BCUT2D eigenvalue weighted by molar-refractivity contribution is 6.06. The first-order valence-electron chi connectivity index (χ1n) is 8.78. The third-order valence-corrected chi connectivity index (χ3v) is 4.06. The van der Waals surface area contributed by atoms with Crippen LogP contribution in [-0.4, -0.2) is 38.5 Å². The smallest absolute Gasteiger partial charge is 0.152 e. The molecule has 0 spiro atoms. The molecule has 2 heterocycles. The summed E-state index contributed by atoms with van der Waals surface area (Å²) in [6.07, 6.45) is 5.25. The molecule has 0 aliphatic rings. The quantitative estimate of drug-likeness (QED) is 0.622. The highest BCUT2D eigenvalue weighted by Gasteiger charge is 2.22. The highest BCUT2D eigenvalue weighted by atomic mass is 16.5. The van der Waals surface area contributed by atoms with Crippen molar-refractivity contribution < 1.29 is 14.6 Å². The number of rotatable bonds is 7. The summed E-state index contributed by atoms with van der Waals surface area (Å²) in [6.45, 7) is 6.84. The van der Waals surface area contributed by atoms with Crippen molar-refractivity contribution in [2.24, 2.45) is 0 Å². The Bertz CT molecular complexity index is 1010. The number of anilines is 1. The SMILES string of the molecule is C#CCOc1ccc2c(c1)nc(N)c1nc(COCC)n(CC(C)(C)O)c12. The molecule has 0 bridgehead atoms. The van der Waals surface area contributed by atoms with Gasteiger partial charge in [0.25, 0.3) is 0 Å². The molecule has 27 heavy (non-hydrogen) atoms. The van der Waals surface area contributed by atoms with Gasteiger partial charge in [-0.05, 0) is 32.9 Å². The van der Waals surface area contributed by atoms with E-state index in [9.17, 15) is 5.11 Å². The molecule has 0 saturated heterocycles. The molecule has 7 nitrogen and oxygen atoms in total. The van der Waals surface area contributed by atoms with Crippen molar-refractivity contribution in [1.82, 2.24) is 14.5 Å². The molecule has 142 valence electrons. The topological polar surface area (TPSA) is 95.4 Å². The normalized spacial score (nSPS) is 11.8. The minimum Gasteiger partial charge on any atom is -0.481 e. The lowest BCUT2D eigenvalue weighted by atomic mass is 10.1. The molecular formula is C20H24N4O3. The van der Waals surface area contributed by atoms with Crippen LogP contribution in [0.25, 0.3) is 21.9 Å². The van der Waals surface area contributed by atoms with Crippen LogP contribution in [0.1, 0.15) is 26.6 Å². The number of aliphatic hydroxyl groups is 1. The van der Waals surface area contributed by atoms with Crippen LogP contribution >= 0.6 is 0 Å². The van der Waals surface area contributed by atoms with E-state index in [1.807, 2.05) is 23.6 Å². The van der Waals surface area contributed by atoms with Gasteiger partial charge in [0.05, 0.1) is 23.2 Å². The summed E-state index contributed by atoms with van der Waals surface area (Å²) in [4.78, 5) is 9.11. The maximum absolute atomic E-state index is 10.4. The molecule has 0 amide bonds. The number of benzene rings is 1. The maximum atomic E-state index is 10.4. The van der Waals surface area contributed by atoms with E-state index >= 15 is 0 Å². The van der Waals surface area contributed by atoms with Crippen LogP contribution in [0, 0.1) is 12.3 Å². The summed E-state index contributed by atoms with van der Waals surface area (Å²) in [5.74, 6) is 4.08. The molecule has 3 rings (SSSR count). The van der Waals surface area contributed by atoms with Crippen molar-refractivity contribution in [2.45, 2.75) is 39.5 Å². The number of hydrogen-bond donors (Lipinski definition) is 2. The molecule has 2 aromatic heterocycles. The monoisotopic (exact) mass is 368 g/mol. The van der Waals surface area contributed by atoms with Crippen molar-refractivity contribution in [1.29, 1.82) is 0 Å². The molecule has 0 aliphatic heterocycles. The lowest BCUT2D eigenvalue weighted by molar-refractivity contribution is 0.0582. The van der Waals surface area contributed by atoms with Crippen LogP contribution in [0.2, 0.25) is 0 Å². The zero-order chi connectivity index (χ0) is 19.6. The van der Waals surface area contributed by atoms with E-state index in [0.29, 0.717) is 48.2 Å². The summed E-state index contributed by atoms with van der Waals surface area (Å²) in [7, 11) is 0. The van der Waals surface area contributed by atoms with Gasteiger partial charge >= 0.3 is 0 Å². The van der Waals surface area contributed by atoms with Gasteiger partial charge in [-0.25, -0.2) is 9.97 Å². The van der Waals surface area contributed by atoms with Gasteiger partial charge in [-0.2, -0.15) is 0 Å². The number of nitrogens with zero attached hydrogens (tertiary/aromatic N) is 3. The zero-order valence-electron chi connectivity index (χ0n) is 15.8. The third-order valence-electron chi connectivity index (χ3n) is 4.06. The Balaban J connectivity index is 2.24. The first-order valence-corrected chi connectivity index (χ1v) is 8.78. The van der Waals surface area contributed by atoms with Crippen molar-refractivity contribution in [3.8, 4) is 18.1 Å². The Morgan fingerprint density at radius 3 is 2.78 bits per heavy atom. The Labute approximate surface area is 158 Å². The van der Waals surface area contributed by atoms with Gasteiger partial charge in [-0.3, -0.25) is 0 Å². The summed E-state index contributed by atoms with van der Waals surface area (Å²) in [5, 5.41) is 11.3. The Hall–Kier alpha value is -2.82. The largest absolute Gasteiger partial charge is 0.481 e. The number of nitrogens with two attached hydrogens (primary N) is 1. The Morgan fingerprint density at radius 2 is 2.11 bits per heavy atom. The molecule has 7 heteroatoms. The number of pyridine rings is 1. The van der Waals surface area contributed by atoms with Gasteiger partial charge in [0.15, 0.2) is 5.82 Å².